The number of benzene rings is 1. The lowest BCUT2D eigenvalue weighted by molar-refractivity contribution is 0.0690. The van der Waals surface area contributed by atoms with Crippen LogP contribution in [-0.4, -0.2) is 30.7 Å². The highest BCUT2D eigenvalue weighted by Crippen LogP contribution is 2.21. The van der Waals surface area contributed by atoms with Crippen molar-refractivity contribution >= 4 is 11.7 Å². The molecule has 1 aromatic carbocycles. The zero-order valence-electron chi connectivity index (χ0n) is 11.1. The van der Waals surface area contributed by atoms with Crippen molar-refractivity contribution in [1.29, 1.82) is 0 Å². The molecule has 1 heterocycles. The fourth-order valence-electron chi connectivity index (χ4n) is 2.43. The van der Waals surface area contributed by atoms with Crippen LogP contribution in [0.25, 0.3) is 0 Å². The Morgan fingerprint density at radius 2 is 2.20 bits per heavy atom. The molecule has 0 aliphatic carbocycles. The van der Waals surface area contributed by atoms with Crippen LogP contribution in [0.3, 0.4) is 0 Å². The van der Waals surface area contributed by atoms with Gasteiger partial charge in [-0.1, -0.05) is 0 Å². The number of piperidine rings is 1. The Kier molecular flexibility index (Phi) is 4.89. The average molecular weight is 284 g/mol. The molecule has 3 N–H and O–H groups in total. The summed E-state index contributed by atoms with van der Waals surface area (Å²) in [7, 11) is 0. The molecular weight excluding hydrogens is 266 g/mol. The summed E-state index contributed by atoms with van der Waals surface area (Å²) in [6.45, 7) is 2.53. The van der Waals surface area contributed by atoms with E-state index in [1.54, 1.807) is 0 Å². The van der Waals surface area contributed by atoms with Crippen molar-refractivity contribution < 1.29 is 18.7 Å². The summed E-state index contributed by atoms with van der Waals surface area (Å²) >= 11 is 0. The van der Waals surface area contributed by atoms with Crippen LogP contribution in [0.15, 0.2) is 12.1 Å². The van der Waals surface area contributed by atoms with Crippen LogP contribution in [0.5, 0.6) is 0 Å². The Labute approximate surface area is 116 Å². The second kappa shape index (κ2) is 6.65. The largest absolute Gasteiger partial charge is 0.478 e. The maximum Gasteiger partial charge on any atom is 0.338 e. The molecule has 0 aromatic heterocycles. The van der Waals surface area contributed by atoms with Crippen molar-refractivity contribution in [1.82, 2.24) is 5.32 Å². The highest BCUT2D eigenvalue weighted by atomic mass is 19.2. The first-order valence-electron chi connectivity index (χ1n) is 6.75. The number of nitrogens with one attached hydrogen (secondary N) is 2. The smallest absolute Gasteiger partial charge is 0.338 e. The third-order valence-corrected chi connectivity index (χ3v) is 3.58. The van der Waals surface area contributed by atoms with E-state index in [2.05, 4.69) is 10.6 Å². The van der Waals surface area contributed by atoms with E-state index in [0.29, 0.717) is 12.5 Å². The summed E-state index contributed by atoms with van der Waals surface area (Å²) < 4.78 is 27.2. The first kappa shape index (κ1) is 14.7. The molecule has 4 nitrogen and oxygen atoms in total. The number of aromatic carboxylic acids is 1. The molecule has 1 unspecified atom stereocenters. The van der Waals surface area contributed by atoms with Crippen molar-refractivity contribution in [2.24, 2.45) is 5.92 Å². The van der Waals surface area contributed by atoms with E-state index in [1.807, 2.05) is 0 Å². The third kappa shape index (κ3) is 3.45. The minimum absolute atomic E-state index is 0.0104. The number of hydrogen-bond acceptors (Lipinski definition) is 3. The molecule has 110 valence electrons. The van der Waals surface area contributed by atoms with Gasteiger partial charge in [0.05, 0.1) is 11.3 Å². The van der Waals surface area contributed by atoms with E-state index in [1.165, 1.54) is 6.07 Å². The summed E-state index contributed by atoms with van der Waals surface area (Å²) in [6.07, 6.45) is 3.15. The van der Waals surface area contributed by atoms with Gasteiger partial charge >= 0.3 is 5.97 Å². The maximum absolute atomic E-state index is 13.7. The lowest BCUT2D eigenvalue weighted by atomic mass is 9.96. The molecule has 1 fully saturated rings. The number of rotatable bonds is 5. The zero-order chi connectivity index (χ0) is 14.5. The van der Waals surface area contributed by atoms with E-state index < -0.39 is 23.2 Å². The quantitative estimate of drug-likeness (QED) is 0.777. The summed E-state index contributed by atoms with van der Waals surface area (Å²) in [5.41, 5.74) is -0.638. The topological polar surface area (TPSA) is 61.4 Å². The molecule has 0 radical (unpaired) electrons. The molecule has 0 saturated carbocycles. The third-order valence-electron chi connectivity index (χ3n) is 3.58. The predicted molar refractivity (Wildman–Crippen MR) is 72.0 cm³/mol. The molecule has 1 aliphatic rings. The van der Waals surface area contributed by atoms with Crippen LogP contribution >= 0.6 is 0 Å². The van der Waals surface area contributed by atoms with Gasteiger partial charge in [-0.15, -0.1) is 0 Å². The average Bonchev–Trinajstić information content (AvgIpc) is 2.44. The Morgan fingerprint density at radius 3 is 2.85 bits per heavy atom. The van der Waals surface area contributed by atoms with Crippen molar-refractivity contribution in [2.45, 2.75) is 19.3 Å². The van der Waals surface area contributed by atoms with Gasteiger partial charge in [-0.2, -0.15) is 0 Å². The molecule has 0 bridgehead atoms. The highest BCUT2D eigenvalue weighted by Gasteiger charge is 2.18. The zero-order valence-corrected chi connectivity index (χ0v) is 11.1. The molecule has 0 amide bonds. The van der Waals surface area contributed by atoms with E-state index >= 15 is 0 Å². The summed E-state index contributed by atoms with van der Waals surface area (Å²) in [6, 6.07) is 2.34. The molecule has 6 heteroatoms. The number of anilines is 1. The molecule has 1 saturated heterocycles. The summed E-state index contributed by atoms with van der Waals surface area (Å²) in [5, 5.41) is 14.8. The fourth-order valence-corrected chi connectivity index (χ4v) is 2.43. The van der Waals surface area contributed by atoms with E-state index in [9.17, 15) is 13.6 Å². The van der Waals surface area contributed by atoms with Gasteiger partial charge in [0.25, 0.3) is 0 Å². The monoisotopic (exact) mass is 284 g/mol. The van der Waals surface area contributed by atoms with E-state index in [4.69, 9.17) is 5.11 Å². The summed E-state index contributed by atoms with van der Waals surface area (Å²) in [4.78, 5) is 10.7. The highest BCUT2D eigenvalue weighted by molar-refractivity contribution is 5.88. The molecule has 1 aliphatic heterocycles. The molecular formula is C14H18F2N2O2. The second-order valence-electron chi connectivity index (χ2n) is 5.02. The van der Waals surface area contributed by atoms with Crippen LogP contribution < -0.4 is 10.6 Å². The van der Waals surface area contributed by atoms with Crippen molar-refractivity contribution in [3.63, 3.8) is 0 Å². The maximum atomic E-state index is 13.7. The molecule has 1 atom stereocenters. The van der Waals surface area contributed by atoms with Gasteiger partial charge in [-0.25, -0.2) is 13.6 Å². The molecule has 1 aromatic rings. The van der Waals surface area contributed by atoms with Gasteiger partial charge in [0.15, 0.2) is 11.6 Å². The molecule has 2 rings (SSSR count). The van der Waals surface area contributed by atoms with Crippen LogP contribution in [0.4, 0.5) is 14.5 Å². The molecule has 20 heavy (non-hydrogen) atoms. The minimum Gasteiger partial charge on any atom is -0.478 e. The normalized spacial score (nSPS) is 18.8. The Balaban J connectivity index is 1.92. The Bertz CT molecular complexity index is 488. The van der Waals surface area contributed by atoms with Gasteiger partial charge in [0.1, 0.15) is 0 Å². The second-order valence-corrected chi connectivity index (χ2v) is 5.02. The first-order chi connectivity index (χ1) is 9.59. The summed E-state index contributed by atoms with van der Waals surface area (Å²) in [5.74, 6) is -3.38. The van der Waals surface area contributed by atoms with E-state index in [-0.39, 0.29) is 5.69 Å². The Morgan fingerprint density at radius 1 is 1.40 bits per heavy atom. The number of hydrogen-bond donors (Lipinski definition) is 3. The van der Waals surface area contributed by atoms with Crippen molar-refractivity contribution in [3.8, 4) is 0 Å². The Hall–Kier alpha value is -1.69. The van der Waals surface area contributed by atoms with Crippen LogP contribution in [0.2, 0.25) is 0 Å². The lowest BCUT2D eigenvalue weighted by Gasteiger charge is -2.22. The fraction of sp³-hybridized carbons (Fsp3) is 0.500. The SMILES string of the molecule is O=C(O)c1ccc(NCCC2CCCNC2)c(F)c1F. The standard InChI is InChI=1S/C14H18F2N2O2/c15-12-10(14(19)20)3-4-11(13(12)16)18-7-5-9-2-1-6-17-8-9/h3-4,9,17-18H,1-2,5-8H2,(H,19,20). The minimum atomic E-state index is -1.47. The first-order valence-corrected chi connectivity index (χ1v) is 6.75. The number of halogens is 2. The lowest BCUT2D eigenvalue weighted by Crippen LogP contribution is -2.30. The van der Waals surface area contributed by atoms with Gasteiger partial charge < -0.3 is 15.7 Å². The van der Waals surface area contributed by atoms with Gasteiger partial charge in [-0.05, 0) is 50.4 Å². The van der Waals surface area contributed by atoms with Crippen LogP contribution in [0.1, 0.15) is 29.6 Å². The number of carboxylic acids is 1. The van der Waals surface area contributed by atoms with Gasteiger partial charge in [-0.3, -0.25) is 0 Å². The number of carbonyl (C=O) groups is 1. The van der Waals surface area contributed by atoms with Gasteiger partial charge in [0, 0.05) is 6.54 Å². The number of carboxylic acid groups (broad SMARTS) is 1. The molecule has 0 spiro atoms. The van der Waals surface area contributed by atoms with Crippen molar-refractivity contribution in [2.75, 3.05) is 25.0 Å². The predicted octanol–water partition coefficient (Wildman–Crippen LogP) is 2.46. The van der Waals surface area contributed by atoms with Crippen LogP contribution in [0, 0.1) is 17.6 Å². The van der Waals surface area contributed by atoms with Crippen LogP contribution in [-0.2, 0) is 0 Å². The van der Waals surface area contributed by atoms with Gasteiger partial charge in [0.2, 0.25) is 0 Å². The van der Waals surface area contributed by atoms with E-state index in [0.717, 1.165) is 38.4 Å². The van der Waals surface area contributed by atoms with Crippen molar-refractivity contribution in [3.05, 3.63) is 29.3 Å².